The molecule has 0 spiro atoms. The number of nitrogens with zero attached hydrogens (tertiary/aromatic N) is 2. The molecule has 0 unspecified atom stereocenters. The van der Waals surface area contributed by atoms with Crippen LogP contribution in [0.1, 0.15) is 0 Å². The maximum Gasteiger partial charge on any atom is 0.321 e. The summed E-state index contributed by atoms with van der Waals surface area (Å²) in [4.78, 5) is 13.6. The molecule has 3 N–H and O–H groups in total. The van der Waals surface area contributed by atoms with Gasteiger partial charge in [-0.05, 0) is 18.2 Å². The molecule has 7 nitrogen and oxygen atoms in total. The van der Waals surface area contributed by atoms with Crippen molar-refractivity contribution in [3.8, 4) is 0 Å². The number of amides is 2. The van der Waals surface area contributed by atoms with Crippen molar-refractivity contribution in [3.05, 3.63) is 24.3 Å². The minimum atomic E-state index is -3.18. The number of nitrogen functional groups attached to an aromatic ring is 1. The molecular weight excluding hydrogens is 280 g/mol. The molecule has 1 fully saturated rings. The first kappa shape index (κ1) is 14.6. The fourth-order valence-corrected chi connectivity index (χ4v) is 2.87. The Bertz CT molecular complexity index is 594. The standard InChI is InChI=1S/C12H18N4O3S/c1-20(18,19)16-7-5-15(6-8-16)12(17)14-11-4-2-3-10(13)9-11/h2-4,9H,5-8,13H2,1H3,(H,14,17). The van der Waals surface area contributed by atoms with Gasteiger partial charge in [0.05, 0.1) is 6.26 Å². The van der Waals surface area contributed by atoms with Crippen molar-refractivity contribution in [2.75, 3.05) is 43.5 Å². The number of hydrogen-bond acceptors (Lipinski definition) is 4. The van der Waals surface area contributed by atoms with Gasteiger partial charge in [0.2, 0.25) is 10.0 Å². The maximum atomic E-state index is 12.0. The summed E-state index contributed by atoms with van der Waals surface area (Å²) in [5.74, 6) is 0. The minimum absolute atomic E-state index is 0.247. The molecule has 1 aliphatic rings. The molecule has 0 atom stereocenters. The normalized spacial score (nSPS) is 16.9. The third-order valence-electron chi connectivity index (χ3n) is 3.13. The number of urea groups is 1. The number of rotatable bonds is 2. The quantitative estimate of drug-likeness (QED) is 0.771. The van der Waals surface area contributed by atoms with Crippen LogP contribution in [-0.4, -0.2) is 56.1 Å². The molecule has 8 heteroatoms. The zero-order valence-corrected chi connectivity index (χ0v) is 12.1. The van der Waals surface area contributed by atoms with E-state index in [-0.39, 0.29) is 6.03 Å². The topological polar surface area (TPSA) is 95.7 Å². The summed E-state index contributed by atoms with van der Waals surface area (Å²) in [6.07, 6.45) is 1.18. The van der Waals surface area contributed by atoms with Gasteiger partial charge in [0.1, 0.15) is 0 Å². The number of nitrogens with two attached hydrogens (primary N) is 1. The van der Waals surface area contributed by atoms with Crippen LogP contribution in [0.3, 0.4) is 0 Å². The molecule has 20 heavy (non-hydrogen) atoms. The van der Waals surface area contributed by atoms with E-state index in [9.17, 15) is 13.2 Å². The van der Waals surface area contributed by atoms with Crippen molar-refractivity contribution < 1.29 is 13.2 Å². The van der Waals surface area contributed by atoms with E-state index in [0.717, 1.165) is 0 Å². The molecular formula is C12H18N4O3S. The molecule has 1 heterocycles. The third kappa shape index (κ3) is 3.61. The van der Waals surface area contributed by atoms with Crippen molar-refractivity contribution in [1.82, 2.24) is 9.21 Å². The van der Waals surface area contributed by atoms with Crippen LogP contribution in [0.25, 0.3) is 0 Å². The number of carbonyl (C=O) groups is 1. The van der Waals surface area contributed by atoms with Crippen molar-refractivity contribution in [1.29, 1.82) is 0 Å². The number of piperazine rings is 1. The second-order valence-corrected chi connectivity index (χ2v) is 6.69. The van der Waals surface area contributed by atoms with Crippen LogP contribution in [-0.2, 0) is 10.0 Å². The summed E-state index contributed by atoms with van der Waals surface area (Å²) >= 11 is 0. The molecule has 0 radical (unpaired) electrons. The average molecular weight is 298 g/mol. The van der Waals surface area contributed by atoms with E-state index in [1.54, 1.807) is 29.2 Å². The van der Waals surface area contributed by atoms with Crippen molar-refractivity contribution in [2.45, 2.75) is 0 Å². The molecule has 1 aromatic carbocycles. The second kappa shape index (κ2) is 5.68. The molecule has 2 rings (SSSR count). The minimum Gasteiger partial charge on any atom is -0.399 e. The molecule has 0 bridgehead atoms. The second-order valence-electron chi connectivity index (χ2n) is 4.70. The van der Waals surface area contributed by atoms with E-state index < -0.39 is 10.0 Å². The predicted molar refractivity (Wildman–Crippen MR) is 77.9 cm³/mol. The lowest BCUT2D eigenvalue weighted by molar-refractivity contribution is 0.184. The molecule has 0 aromatic heterocycles. The highest BCUT2D eigenvalue weighted by molar-refractivity contribution is 7.88. The van der Waals surface area contributed by atoms with Crippen LogP contribution < -0.4 is 11.1 Å². The molecule has 0 saturated carbocycles. The zero-order valence-electron chi connectivity index (χ0n) is 11.2. The Labute approximate surface area is 118 Å². The van der Waals surface area contributed by atoms with E-state index >= 15 is 0 Å². The van der Waals surface area contributed by atoms with Gasteiger partial charge in [0.15, 0.2) is 0 Å². The first-order chi connectivity index (χ1) is 9.36. The van der Waals surface area contributed by atoms with Crippen molar-refractivity contribution in [3.63, 3.8) is 0 Å². The number of hydrogen-bond donors (Lipinski definition) is 2. The summed E-state index contributed by atoms with van der Waals surface area (Å²) in [5, 5.41) is 2.75. The van der Waals surface area contributed by atoms with Crippen LogP contribution in [0.15, 0.2) is 24.3 Å². The molecule has 1 saturated heterocycles. The molecule has 0 aliphatic carbocycles. The maximum absolute atomic E-state index is 12.0. The zero-order chi connectivity index (χ0) is 14.8. The Balaban J connectivity index is 1.92. The fourth-order valence-electron chi connectivity index (χ4n) is 2.04. The summed E-state index contributed by atoms with van der Waals surface area (Å²) in [6.45, 7) is 1.40. The number of carbonyl (C=O) groups excluding carboxylic acids is 1. The van der Waals surface area contributed by atoms with Crippen molar-refractivity contribution in [2.24, 2.45) is 0 Å². The van der Waals surface area contributed by atoms with Crippen LogP contribution in [0.5, 0.6) is 0 Å². The average Bonchev–Trinajstić information content (AvgIpc) is 2.38. The smallest absolute Gasteiger partial charge is 0.321 e. The van der Waals surface area contributed by atoms with Gasteiger partial charge in [0, 0.05) is 37.6 Å². The Morgan fingerprint density at radius 2 is 1.90 bits per heavy atom. The number of nitrogens with one attached hydrogen (secondary N) is 1. The van der Waals surface area contributed by atoms with E-state index in [2.05, 4.69) is 5.32 Å². The highest BCUT2D eigenvalue weighted by atomic mass is 32.2. The SMILES string of the molecule is CS(=O)(=O)N1CCN(C(=O)Nc2cccc(N)c2)CC1. The molecule has 1 aliphatic heterocycles. The Morgan fingerprint density at radius 3 is 2.45 bits per heavy atom. The van der Waals surface area contributed by atoms with Crippen LogP contribution in [0.4, 0.5) is 16.2 Å². The van der Waals surface area contributed by atoms with E-state index in [0.29, 0.717) is 37.6 Å². The van der Waals surface area contributed by atoms with Gasteiger partial charge in [0.25, 0.3) is 0 Å². The lowest BCUT2D eigenvalue weighted by Gasteiger charge is -2.33. The monoisotopic (exact) mass is 298 g/mol. The number of anilines is 2. The van der Waals surface area contributed by atoms with Gasteiger partial charge in [-0.1, -0.05) is 6.07 Å². The first-order valence-corrected chi connectivity index (χ1v) is 8.08. The highest BCUT2D eigenvalue weighted by Gasteiger charge is 2.25. The molecule has 1 aromatic rings. The number of benzene rings is 1. The molecule has 110 valence electrons. The lowest BCUT2D eigenvalue weighted by atomic mass is 10.3. The predicted octanol–water partition coefficient (Wildman–Crippen LogP) is 0.378. The fraction of sp³-hybridized carbons (Fsp3) is 0.417. The van der Waals surface area contributed by atoms with Gasteiger partial charge in [-0.15, -0.1) is 0 Å². The van der Waals surface area contributed by atoms with Crippen LogP contribution >= 0.6 is 0 Å². The van der Waals surface area contributed by atoms with Gasteiger partial charge >= 0.3 is 6.03 Å². The van der Waals surface area contributed by atoms with E-state index in [1.807, 2.05) is 0 Å². The largest absolute Gasteiger partial charge is 0.399 e. The third-order valence-corrected chi connectivity index (χ3v) is 4.44. The van der Waals surface area contributed by atoms with Gasteiger partial charge < -0.3 is 16.0 Å². The van der Waals surface area contributed by atoms with E-state index in [1.165, 1.54) is 10.6 Å². The Morgan fingerprint density at radius 1 is 1.25 bits per heavy atom. The van der Waals surface area contributed by atoms with Crippen molar-refractivity contribution >= 4 is 27.4 Å². The van der Waals surface area contributed by atoms with Crippen LogP contribution in [0, 0.1) is 0 Å². The van der Waals surface area contributed by atoms with Gasteiger partial charge in [-0.3, -0.25) is 0 Å². The Hall–Kier alpha value is -1.80. The first-order valence-electron chi connectivity index (χ1n) is 6.23. The summed E-state index contributed by atoms with van der Waals surface area (Å²) in [6, 6.07) is 6.67. The lowest BCUT2D eigenvalue weighted by Crippen LogP contribution is -2.51. The summed E-state index contributed by atoms with van der Waals surface area (Å²) in [7, 11) is -3.18. The summed E-state index contributed by atoms with van der Waals surface area (Å²) < 4.78 is 24.1. The van der Waals surface area contributed by atoms with Gasteiger partial charge in [-0.2, -0.15) is 4.31 Å². The van der Waals surface area contributed by atoms with Crippen LogP contribution in [0.2, 0.25) is 0 Å². The summed E-state index contributed by atoms with van der Waals surface area (Å²) in [5.41, 5.74) is 6.84. The van der Waals surface area contributed by atoms with E-state index in [4.69, 9.17) is 5.73 Å². The Kier molecular flexibility index (Phi) is 4.15. The highest BCUT2D eigenvalue weighted by Crippen LogP contribution is 2.13. The number of sulfonamides is 1. The molecule has 2 amide bonds. The van der Waals surface area contributed by atoms with Gasteiger partial charge in [-0.25, -0.2) is 13.2 Å².